The highest BCUT2D eigenvalue weighted by Gasteiger charge is 2.37. The highest BCUT2D eigenvalue weighted by molar-refractivity contribution is 5.98. The van der Waals surface area contributed by atoms with Crippen molar-refractivity contribution in [2.45, 2.75) is 57.4 Å². The van der Waals surface area contributed by atoms with E-state index in [0.29, 0.717) is 30.0 Å². The fraction of sp³-hybridized carbons (Fsp3) is 0.611. The van der Waals surface area contributed by atoms with E-state index in [2.05, 4.69) is 4.98 Å². The van der Waals surface area contributed by atoms with E-state index >= 15 is 0 Å². The van der Waals surface area contributed by atoms with E-state index in [1.54, 1.807) is 0 Å². The number of nitrogens with zero attached hydrogens (tertiary/aromatic N) is 1. The van der Waals surface area contributed by atoms with Gasteiger partial charge in [-0.25, -0.2) is 0 Å². The summed E-state index contributed by atoms with van der Waals surface area (Å²) < 4.78 is 0. The molecule has 0 aromatic carbocycles. The first-order valence-corrected chi connectivity index (χ1v) is 8.90. The fourth-order valence-electron chi connectivity index (χ4n) is 4.04. The number of Topliss-reactive ketones (excluding diaryl/α,β-unsaturated/α-hetero) is 1. The van der Waals surface area contributed by atoms with Crippen molar-refractivity contribution in [3.63, 3.8) is 0 Å². The molecule has 2 amide bonds. The van der Waals surface area contributed by atoms with Gasteiger partial charge in [0, 0.05) is 31.1 Å². The summed E-state index contributed by atoms with van der Waals surface area (Å²) in [6, 6.07) is 1.49. The van der Waals surface area contributed by atoms with E-state index in [1.807, 2.05) is 4.90 Å². The minimum absolute atomic E-state index is 0.0203. The van der Waals surface area contributed by atoms with Crippen LogP contribution in [0.4, 0.5) is 0 Å². The molecule has 2 unspecified atom stereocenters. The SMILES string of the molecule is NC(=O)c1c[nH]c(C(=O)N2CCCCCC2C2CCCCC2=O)c1. The molecule has 1 saturated carbocycles. The predicted molar refractivity (Wildman–Crippen MR) is 89.6 cm³/mol. The number of rotatable bonds is 3. The molecule has 3 N–H and O–H groups in total. The summed E-state index contributed by atoms with van der Waals surface area (Å²) in [6.45, 7) is 0.665. The number of amides is 2. The molecule has 1 aliphatic carbocycles. The molecule has 2 aliphatic rings. The second-order valence-electron chi connectivity index (χ2n) is 6.90. The monoisotopic (exact) mass is 331 g/mol. The molecule has 0 radical (unpaired) electrons. The van der Waals surface area contributed by atoms with Gasteiger partial charge in [-0.1, -0.05) is 19.3 Å². The van der Waals surface area contributed by atoms with Crippen LogP contribution in [0.2, 0.25) is 0 Å². The molecule has 2 atom stereocenters. The van der Waals surface area contributed by atoms with Crippen LogP contribution in [-0.2, 0) is 4.79 Å². The van der Waals surface area contributed by atoms with Gasteiger partial charge in [0.15, 0.2) is 0 Å². The van der Waals surface area contributed by atoms with Crippen LogP contribution in [0, 0.1) is 5.92 Å². The molecule has 24 heavy (non-hydrogen) atoms. The fourth-order valence-corrected chi connectivity index (χ4v) is 4.04. The summed E-state index contributed by atoms with van der Waals surface area (Å²) >= 11 is 0. The molecule has 130 valence electrons. The maximum atomic E-state index is 13.0. The number of carbonyl (C=O) groups excluding carboxylic acids is 3. The highest BCUT2D eigenvalue weighted by Crippen LogP contribution is 2.32. The molecule has 3 rings (SSSR count). The minimum Gasteiger partial charge on any atom is -0.366 e. The van der Waals surface area contributed by atoms with E-state index in [1.165, 1.54) is 12.3 Å². The van der Waals surface area contributed by atoms with Crippen LogP contribution in [-0.4, -0.2) is 40.1 Å². The number of ketones is 1. The molecule has 2 fully saturated rings. The summed E-state index contributed by atoms with van der Waals surface area (Å²) in [4.78, 5) is 41.4. The molecule has 6 heteroatoms. The third kappa shape index (κ3) is 3.37. The Morgan fingerprint density at radius 3 is 2.62 bits per heavy atom. The van der Waals surface area contributed by atoms with Crippen LogP contribution in [0.25, 0.3) is 0 Å². The van der Waals surface area contributed by atoms with Crippen molar-refractivity contribution in [2.75, 3.05) is 6.54 Å². The number of nitrogens with two attached hydrogens (primary N) is 1. The van der Waals surface area contributed by atoms with Crippen LogP contribution in [0.5, 0.6) is 0 Å². The van der Waals surface area contributed by atoms with Crippen molar-refractivity contribution in [3.05, 3.63) is 23.5 Å². The van der Waals surface area contributed by atoms with Crippen molar-refractivity contribution >= 4 is 17.6 Å². The number of aromatic amines is 1. The average Bonchev–Trinajstić information content (AvgIpc) is 2.94. The molecule has 0 spiro atoms. The molecule has 1 aromatic rings. The first kappa shape index (κ1) is 16.7. The molecule has 6 nitrogen and oxygen atoms in total. The zero-order valence-electron chi connectivity index (χ0n) is 13.9. The lowest BCUT2D eigenvalue weighted by molar-refractivity contribution is -0.126. The Morgan fingerprint density at radius 1 is 1.12 bits per heavy atom. The smallest absolute Gasteiger partial charge is 0.270 e. The Bertz CT molecular complexity index is 637. The summed E-state index contributed by atoms with van der Waals surface area (Å²) in [5.41, 5.74) is 5.94. The van der Waals surface area contributed by atoms with Gasteiger partial charge in [0.25, 0.3) is 5.91 Å². The number of hydrogen-bond acceptors (Lipinski definition) is 3. The Kier molecular flexibility index (Phi) is 5.02. The quantitative estimate of drug-likeness (QED) is 0.889. The van der Waals surface area contributed by atoms with E-state index in [4.69, 9.17) is 5.73 Å². The normalized spacial score (nSPS) is 25.3. The van der Waals surface area contributed by atoms with E-state index in [-0.39, 0.29) is 17.9 Å². The van der Waals surface area contributed by atoms with Crippen LogP contribution in [0.1, 0.15) is 72.2 Å². The third-order valence-electron chi connectivity index (χ3n) is 5.32. The van der Waals surface area contributed by atoms with Gasteiger partial charge in [-0.15, -0.1) is 0 Å². The zero-order valence-corrected chi connectivity index (χ0v) is 13.9. The van der Waals surface area contributed by atoms with E-state index in [9.17, 15) is 14.4 Å². The Balaban J connectivity index is 1.84. The molecule has 1 saturated heterocycles. The second kappa shape index (κ2) is 7.20. The maximum Gasteiger partial charge on any atom is 0.270 e. The Labute approximate surface area is 141 Å². The maximum absolute atomic E-state index is 13.0. The first-order chi connectivity index (χ1) is 11.6. The van der Waals surface area contributed by atoms with Crippen molar-refractivity contribution in [1.82, 2.24) is 9.88 Å². The summed E-state index contributed by atoms with van der Waals surface area (Å²) in [5, 5.41) is 0. The van der Waals surface area contributed by atoms with Gasteiger partial charge in [0.1, 0.15) is 11.5 Å². The van der Waals surface area contributed by atoms with Gasteiger partial charge in [-0.3, -0.25) is 14.4 Å². The van der Waals surface area contributed by atoms with Crippen molar-refractivity contribution in [2.24, 2.45) is 11.7 Å². The Hall–Kier alpha value is -2.11. The van der Waals surface area contributed by atoms with Crippen LogP contribution >= 0.6 is 0 Å². The molecule has 2 heterocycles. The van der Waals surface area contributed by atoms with Crippen molar-refractivity contribution in [3.8, 4) is 0 Å². The minimum atomic E-state index is -0.555. The standard InChI is InChI=1S/C18H25N3O3/c19-17(23)12-10-14(20-11-12)18(24)21-9-5-1-2-7-15(21)13-6-3-4-8-16(13)22/h10-11,13,15,20H,1-9H2,(H2,19,23). The van der Waals surface area contributed by atoms with Crippen molar-refractivity contribution in [1.29, 1.82) is 0 Å². The van der Waals surface area contributed by atoms with E-state index < -0.39 is 5.91 Å². The number of H-pyrrole nitrogens is 1. The molecular weight excluding hydrogens is 306 g/mol. The molecule has 1 aliphatic heterocycles. The highest BCUT2D eigenvalue weighted by atomic mass is 16.2. The number of nitrogens with one attached hydrogen (secondary N) is 1. The molecule has 1 aromatic heterocycles. The van der Waals surface area contributed by atoms with Gasteiger partial charge in [-0.05, 0) is 31.7 Å². The number of primary amides is 1. The number of hydrogen-bond donors (Lipinski definition) is 2. The van der Waals surface area contributed by atoms with Gasteiger partial charge in [-0.2, -0.15) is 0 Å². The van der Waals surface area contributed by atoms with Gasteiger partial charge in [0.05, 0.1) is 5.56 Å². The summed E-state index contributed by atoms with van der Waals surface area (Å²) in [7, 11) is 0. The zero-order chi connectivity index (χ0) is 17.1. The van der Waals surface area contributed by atoms with E-state index in [0.717, 1.165) is 44.9 Å². The van der Waals surface area contributed by atoms with Crippen molar-refractivity contribution < 1.29 is 14.4 Å². The van der Waals surface area contributed by atoms with Crippen LogP contribution < -0.4 is 5.73 Å². The topological polar surface area (TPSA) is 96.3 Å². The molecule has 0 bridgehead atoms. The predicted octanol–water partition coefficient (Wildman–Crippen LogP) is 2.26. The molecular formula is C18H25N3O3. The lowest BCUT2D eigenvalue weighted by Crippen LogP contribution is -2.47. The third-order valence-corrected chi connectivity index (χ3v) is 5.32. The Morgan fingerprint density at radius 2 is 1.92 bits per heavy atom. The lowest BCUT2D eigenvalue weighted by Gasteiger charge is -2.36. The summed E-state index contributed by atoms with van der Waals surface area (Å²) in [5.74, 6) is -0.422. The summed E-state index contributed by atoms with van der Waals surface area (Å²) in [6.07, 6.45) is 8.97. The van der Waals surface area contributed by atoms with Gasteiger partial charge in [0.2, 0.25) is 5.91 Å². The largest absolute Gasteiger partial charge is 0.366 e. The van der Waals surface area contributed by atoms with Gasteiger partial charge >= 0.3 is 0 Å². The number of carbonyl (C=O) groups is 3. The van der Waals surface area contributed by atoms with Crippen LogP contribution in [0.15, 0.2) is 12.3 Å². The van der Waals surface area contributed by atoms with Gasteiger partial charge < -0.3 is 15.6 Å². The van der Waals surface area contributed by atoms with Crippen LogP contribution in [0.3, 0.4) is 0 Å². The second-order valence-corrected chi connectivity index (χ2v) is 6.90. The average molecular weight is 331 g/mol. The number of aromatic nitrogens is 1. The first-order valence-electron chi connectivity index (χ1n) is 8.90. The number of likely N-dealkylation sites (tertiary alicyclic amines) is 1. The lowest BCUT2D eigenvalue weighted by atomic mass is 9.80.